The molecular formula is C12H11N3O3S. The number of nitrogens with zero attached hydrogens (tertiary/aromatic N) is 2. The molecule has 19 heavy (non-hydrogen) atoms. The Bertz CT molecular complexity index is 663. The van der Waals surface area contributed by atoms with Gasteiger partial charge in [-0.05, 0) is 12.1 Å². The largest absolute Gasteiger partial charge is 0.288 e. The summed E-state index contributed by atoms with van der Waals surface area (Å²) in [5, 5.41) is 18.3. The Kier molecular flexibility index (Phi) is 3.96. The molecule has 0 amide bonds. The first kappa shape index (κ1) is 13.3. The van der Waals surface area contributed by atoms with Crippen LogP contribution >= 0.6 is 11.8 Å². The molecule has 7 heteroatoms. The Labute approximate surface area is 113 Å². The highest BCUT2D eigenvalue weighted by Crippen LogP contribution is 2.22. The number of carbonyl (C=O) groups excluding carboxylic acids is 1. The van der Waals surface area contributed by atoms with Gasteiger partial charge in [-0.15, -0.1) is 0 Å². The van der Waals surface area contributed by atoms with E-state index >= 15 is 0 Å². The van der Waals surface area contributed by atoms with Crippen LogP contribution in [-0.2, 0) is 4.79 Å². The summed E-state index contributed by atoms with van der Waals surface area (Å²) >= 11 is 1.20. The van der Waals surface area contributed by atoms with Crippen molar-refractivity contribution in [1.29, 1.82) is 0 Å². The number of H-pyrrole nitrogens is 1. The molecule has 2 aromatic rings. The molecule has 0 spiro atoms. The average Bonchev–Trinajstić information content (AvgIpc) is 2.76. The van der Waals surface area contributed by atoms with Crippen LogP contribution in [-0.4, -0.2) is 26.0 Å². The quantitative estimate of drug-likeness (QED) is 0.685. The summed E-state index contributed by atoms with van der Waals surface area (Å²) in [7, 11) is 0. The second-order valence-electron chi connectivity index (χ2n) is 3.80. The zero-order valence-electron chi connectivity index (χ0n) is 10.1. The maximum absolute atomic E-state index is 10.8. The SMILES string of the molecule is CC(=O)SCC=Cc1[nH]nc2ccc([N+](=O)[O-])cc12. The number of nitro benzene ring substituents is 1. The first-order chi connectivity index (χ1) is 9.08. The van der Waals surface area contributed by atoms with Gasteiger partial charge in [-0.25, -0.2) is 0 Å². The lowest BCUT2D eigenvalue weighted by Crippen LogP contribution is -1.86. The number of aromatic amines is 1. The summed E-state index contributed by atoms with van der Waals surface area (Å²) in [5.74, 6) is 0.560. The third-order valence-corrected chi connectivity index (χ3v) is 3.21. The molecule has 1 aromatic carbocycles. The number of thioether (sulfide) groups is 1. The molecule has 2 rings (SSSR count). The number of nitrogens with one attached hydrogen (secondary N) is 1. The average molecular weight is 277 g/mol. The van der Waals surface area contributed by atoms with Gasteiger partial charge in [0.2, 0.25) is 0 Å². The molecule has 0 aliphatic rings. The van der Waals surface area contributed by atoms with Crippen molar-refractivity contribution in [3.05, 3.63) is 40.1 Å². The fourth-order valence-electron chi connectivity index (χ4n) is 1.59. The van der Waals surface area contributed by atoms with Crippen molar-refractivity contribution in [2.45, 2.75) is 6.92 Å². The summed E-state index contributed by atoms with van der Waals surface area (Å²) in [5.41, 5.74) is 1.40. The van der Waals surface area contributed by atoms with Crippen LogP contribution in [0.1, 0.15) is 12.6 Å². The second kappa shape index (κ2) is 5.66. The highest BCUT2D eigenvalue weighted by atomic mass is 32.2. The fourth-order valence-corrected chi connectivity index (χ4v) is 2.02. The molecule has 1 aromatic heterocycles. The fraction of sp³-hybridized carbons (Fsp3) is 0.167. The van der Waals surface area contributed by atoms with Crippen LogP contribution in [0.5, 0.6) is 0 Å². The third-order valence-electron chi connectivity index (χ3n) is 2.45. The highest BCUT2D eigenvalue weighted by Gasteiger charge is 2.09. The lowest BCUT2D eigenvalue weighted by Gasteiger charge is -1.93. The monoisotopic (exact) mass is 277 g/mol. The summed E-state index contributed by atoms with van der Waals surface area (Å²) in [6.07, 6.45) is 3.59. The number of rotatable bonds is 4. The van der Waals surface area contributed by atoms with Crippen LogP contribution < -0.4 is 0 Å². The lowest BCUT2D eigenvalue weighted by molar-refractivity contribution is -0.384. The zero-order chi connectivity index (χ0) is 13.8. The standard InChI is InChI=1S/C12H11N3O3S/c1-8(16)19-6-2-3-11-10-7-9(15(17)18)4-5-12(10)14-13-11/h2-5,7H,6H2,1H3,(H,13,14). The van der Waals surface area contributed by atoms with Crippen molar-refractivity contribution in [2.24, 2.45) is 0 Å². The minimum Gasteiger partial charge on any atom is -0.288 e. The second-order valence-corrected chi connectivity index (χ2v) is 5.00. The third kappa shape index (κ3) is 3.19. The van der Waals surface area contributed by atoms with Crippen molar-refractivity contribution in [1.82, 2.24) is 10.2 Å². The van der Waals surface area contributed by atoms with Crippen molar-refractivity contribution in [3.63, 3.8) is 0 Å². The van der Waals surface area contributed by atoms with Gasteiger partial charge >= 0.3 is 0 Å². The number of hydrogen-bond acceptors (Lipinski definition) is 5. The van der Waals surface area contributed by atoms with Gasteiger partial charge in [0.15, 0.2) is 5.12 Å². The van der Waals surface area contributed by atoms with E-state index in [1.165, 1.54) is 30.8 Å². The van der Waals surface area contributed by atoms with E-state index in [4.69, 9.17) is 0 Å². The van der Waals surface area contributed by atoms with E-state index in [1.54, 1.807) is 12.1 Å². The van der Waals surface area contributed by atoms with Gasteiger partial charge in [0.1, 0.15) is 0 Å². The first-order valence-corrected chi connectivity index (χ1v) is 6.49. The van der Waals surface area contributed by atoms with Crippen molar-refractivity contribution in [2.75, 3.05) is 5.75 Å². The van der Waals surface area contributed by atoms with Gasteiger partial charge < -0.3 is 0 Å². The lowest BCUT2D eigenvalue weighted by atomic mass is 10.2. The van der Waals surface area contributed by atoms with Gasteiger partial charge in [-0.2, -0.15) is 5.10 Å². The Morgan fingerprint density at radius 1 is 1.58 bits per heavy atom. The minimum atomic E-state index is -0.439. The van der Waals surface area contributed by atoms with Gasteiger partial charge in [0.25, 0.3) is 5.69 Å². The van der Waals surface area contributed by atoms with E-state index in [0.29, 0.717) is 22.3 Å². The summed E-state index contributed by atoms with van der Waals surface area (Å²) in [6, 6.07) is 4.50. The van der Waals surface area contributed by atoms with E-state index in [0.717, 1.165) is 0 Å². The molecule has 0 saturated carbocycles. The number of non-ortho nitro benzene ring substituents is 1. The Hall–Kier alpha value is -2.15. The number of aromatic nitrogens is 2. The number of fused-ring (bicyclic) bond motifs is 1. The zero-order valence-corrected chi connectivity index (χ0v) is 10.9. The molecule has 1 N–H and O–H groups in total. The summed E-state index contributed by atoms with van der Waals surface area (Å²) in [6.45, 7) is 1.51. The molecule has 1 heterocycles. The Balaban J connectivity index is 2.25. The van der Waals surface area contributed by atoms with Gasteiger partial charge in [0, 0.05) is 30.2 Å². The van der Waals surface area contributed by atoms with Gasteiger partial charge in [-0.3, -0.25) is 20.0 Å². The predicted molar refractivity (Wildman–Crippen MR) is 74.9 cm³/mol. The molecule has 98 valence electrons. The number of carbonyl (C=O) groups is 1. The molecular weight excluding hydrogens is 266 g/mol. The number of hydrogen-bond donors (Lipinski definition) is 1. The van der Waals surface area contributed by atoms with Crippen LogP contribution in [0.3, 0.4) is 0 Å². The van der Waals surface area contributed by atoms with E-state index in [-0.39, 0.29) is 10.8 Å². The van der Waals surface area contributed by atoms with Crippen molar-refractivity contribution in [3.8, 4) is 0 Å². The molecule has 6 nitrogen and oxygen atoms in total. The van der Waals surface area contributed by atoms with Crippen molar-refractivity contribution < 1.29 is 9.72 Å². The normalized spacial score (nSPS) is 11.2. The Morgan fingerprint density at radius 3 is 3.05 bits per heavy atom. The molecule has 0 bridgehead atoms. The van der Waals surface area contributed by atoms with E-state index < -0.39 is 4.92 Å². The molecule has 0 fully saturated rings. The number of nitro groups is 1. The summed E-state index contributed by atoms with van der Waals surface area (Å²) in [4.78, 5) is 21.1. The molecule has 0 radical (unpaired) electrons. The van der Waals surface area contributed by atoms with E-state index in [2.05, 4.69) is 10.2 Å². The first-order valence-electron chi connectivity index (χ1n) is 5.50. The van der Waals surface area contributed by atoms with Crippen LogP contribution in [0.2, 0.25) is 0 Å². The van der Waals surface area contributed by atoms with Crippen molar-refractivity contribution >= 4 is 39.5 Å². The molecule has 0 unspecified atom stereocenters. The maximum Gasteiger partial charge on any atom is 0.270 e. The smallest absolute Gasteiger partial charge is 0.270 e. The van der Waals surface area contributed by atoms with Crippen LogP contribution in [0, 0.1) is 10.1 Å². The Morgan fingerprint density at radius 2 is 2.37 bits per heavy atom. The van der Waals surface area contributed by atoms with Crippen LogP contribution in [0.15, 0.2) is 24.3 Å². The predicted octanol–water partition coefficient (Wildman–Crippen LogP) is 2.76. The van der Waals surface area contributed by atoms with Gasteiger partial charge in [-0.1, -0.05) is 17.8 Å². The topological polar surface area (TPSA) is 88.9 Å². The molecule has 0 saturated heterocycles. The minimum absolute atomic E-state index is 0.0293. The molecule has 0 aliphatic carbocycles. The highest BCUT2D eigenvalue weighted by molar-refractivity contribution is 8.13. The summed E-state index contributed by atoms with van der Waals surface area (Å²) < 4.78 is 0. The van der Waals surface area contributed by atoms with Crippen LogP contribution in [0.4, 0.5) is 5.69 Å². The maximum atomic E-state index is 10.8. The van der Waals surface area contributed by atoms with Crippen LogP contribution in [0.25, 0.3) is 17.0 Å². The molecule has 0 atom stereocenters. The van der Waals surface area contributed by atoms with E-state index in [9.17, 15) is 14.9 Å². The molecule has 0 aliphatic heterocycles. The van der Waals surface area contributed by atoms with E-state index in [1.807, 2.05) is 6.08 Å². The van der Waals surface area contributed by atoms with Gasteiger partial charge in [0.05, 0.1) is 16.1 Å². The number of benzene rings is 1.